The number of rotatable bonds is 9. The molecule has 2 aliphatic rings. The number of alkyl halides is 1. The molecule has 7 heteroatoms. The summed E-state index contributed by atoms with van der Waals surface area (Å²) in [5.41, 5.74) is 0. The van der Waals surface area contributed by atoms with Gasteiger partial charge in [-0.2, -0.15) is 4.67 Å². The van der Waals surface area contributed by atoms with Crippen LogP contribution >= 0.6 is 30.9 Å². The topological polar surface area (TPSA) is 38.8 Å². The average molecular weight is 354 g/mol. The van der Waals surface area contributed by atoms with E-state index < -0.39 is 7.75 Å². The molecule has 3 atom stereocenters. The molecule has 21 heavy (non-hydrogen) atoms. The predicted octanol–water partition coefficient (Wildman–Crippen LogP) is 4.75. The summed E-state index contributed by atoms with van der Waals surface area (Å²) in [4.78, 5) is 0. The zero-order valence-corrected chi connectivity index (χ0v) is 14.8. The fourth-order valence-corrected chi connectivity index (χ4v) is 5.07. The van der Waals surface area contributed by atoms with Crippen molar-refractivity contribution in [1.29, 1.82) is 0 Å². The summed E-state index contributed by atoms with van der Waals surface area (Å²) < 4.78 is 26.2. The molecular formula is C14H22Cl2NO3P. The molecule has 0 fully saturated rings. The molecule has 0 aromatic rings. The summed E-state index contributed by atoms with van der Waals surface area (Å²) in [6, 6.07) is 0. The molecule has 0 aromatic heterocycles. The monoisotopic (exact) mass is 353 g/mol. The Bertz CT molecular complexity index is 477. The fraction of sp³-hybridized carbons (Fsp3) is 0.714. The second kappa shape index (κ2) is 7.52. The summed E-state index contributed by atoms with van der Waals surface area (Å²) >= 11 is 11.9. The van der Waals surface area contributed by atoms with Crippen molar-refractivity contribution >= 4 is 30.9 Å². The maximum Gasteiger partial charge on any atom is 0.461 e. The van der Waals surface area contributed by atoms with E-state index in [1.165, 1.54) is 0 Å². The molecule has 0 saturated heterocycles. The molecule has 2 aliphatic carbocycles. The molecule has 0 aliphatic heterocycles. The summed E-state index contributed by atoms with van der Waals surface area (Å²) in [6.45, 7) is 5.36. The molecule has 0 heterocycles. The lowest BCUT2D eigenvalue weighted by atomic mass is 9.82. The largest absolute Gasteiger partial charge is 0.461 e. The van der Waals surface area contributed by atoms with Crippen LogP contribution in [0.1, 0.15) is 26.7 Å². The van der Waals surface area contributed by atoms with Gasteiger partial charge in [-0.3, -0.25) is 4.52 Å². The van der Waals surface area contributed by atoms with Gasteiger partial charge >= 0.3 is 7.75 Å². The van der Waals surface area contributed by atoms with Crippen molar-refractivity contribution in [3.05, 3.63) is 22.9 Å². The van der Waals surface area contributed by atoms with Gasteiger partial charge in [0.25, 0.3) is 0 Å². The normalized spacial score (nSPS) is 26.7. The fourth-order valence-electron chi connectivity index (χ4n) is 2.63. The highest BCUT2D eigenvalue weighted by atomic mass is 35.5. The van der Waals surface area contributed by atoms with E-state index in [1.54, 1.807) is 4.67 Å². The Labute approximate surface area is 136 Å². The van der Waals surface area contributed by atoms with Gasteiger partial charge in [0.15, 0.2) is 0 Å². The van der Waals surface area contributed by atoms with Gasteiger partial charge in [0, 0.05) is 30.8 Å². The molecule has 4 nitrogen and oxygen atoms in total. The zero-order chi connectivity index (χ0) is 15.5. The van der Waals surface area contributed by atoms with Gasteiger partial charge in [-0.25, -0.2) is 4.57 Å². The first kappa shape index (κ1) is 17.4. The summed E-state index contributed by atoms with van der Waals surface area (Å²) in [6.07, 6.45) is 5.69. The third kappa shape index (κ3) is 3.51. The lowest BCUT2D eigenvalue weighted by molar-refractivity contribution is 0.162. The minimum absolute atomic E-state index is 0.220. The van der Waals surface area contributed by atoms with E-state index in [0.29, 0.717) is 42.8 Å². The number of nitrogens with zero attached hydrogens (tertiary/aromatic N) is 1. The van der Waals surface area contributed by atoms with Crippen molar-refractivity contribution in [2.45, 2.75) is 26.7 Å². The van der Waals surface area contributed by atoms with Crippen LogP contribution in [0.3, 0.4) is 0 Å². The molecule has 2 rings (SSSR count). The van der Waals surface area contributed by atoms with Crippen molar-refractivity contribution in [2.75, 3.05) is 25.6 Å². The van der Waals surface area contributed by atoms with Gasteiger partial charge in [-0.05, 0) is 12.8 Å². The summed E-state index contributed by atoms with van der Waals surface area (Å²) in [7, 11) is -3.36. The van der Waals surface area contributed by atoms with Crippen LogP contribution in [0.2, 0.25) is 0 Å². The molecular weight excluding hydrogens is 332 g/mol. The number of allylic oxidation sites excluding steroid dienone is 4. The van der Waals surface area contributed by atoms with Crippen molar-refractivity contribution in [3.63, 3.8) is 0 Å². The van der Waals surface area contributed by atoms with Crippen LogP contribution in [0.5, 0.6) is 0 Å². The highest BCUT2D eigenvalue weighted by Gasteiger charge is 2.46. The predicted molar refractivity (Wildman–Crippen MR) is 86.5 cm³/mol. The van der Waals surface area contributed by atoms with Crippen LogP contribution in [0.25, 0.3) is 0 Å². The minimum Gasteiger partial charge on any atom is -0.416 e. The Morgan fingerprint density at radius 2 is 2.14 bits per heavy atom. The van der Waals surface area contributed by atoms with Gasteiger partial charge in [-0.1, -0.05) is 37.6 Å². The average Bonchev–Trinajstić information content (AvgIpc) is 2.91. The maximum atomic E-state index is 13.1. The molecule has 3 unspecified atom stereocenters. The van der Waals surface area contributed by atoms with E-state index in [-0.39, 0.29) is 11.8 Å². The molecule has 0 saturated carbocycles. The highest BCUT2D eigenvalue weighted by Crippen LogP contribution is 2.60. The second-order valence-corrected chi connectivity index (χ2v) is 7.81. The number of hydrogen-bond acceptors (Lipinski definition) is 3. The Morgan fingerprint density at radius 1 is 1.43 bits per heavy atom. The van der Waals surface area contributed by atoms with E-state index in [2.05, 4.69) is 12.2 Å². The SMILES string of the molecule is CCN(CC)P(=O)(OCCCCl)OC1=C(Cl)C2C=CCC12. The Morgan fingerprint density at radius 3 is 2.76 bits per heavy atom. The van der Waals surface area contributed by atoms with E-state index in [4.69, 9.17) is 32.2 Å². The lowest BCUT2D eigenvalue weighted by Crippen LogP contribution is -2.29. The van der Waals surface area contributed by atoms with Gasteiger partial charge < -0.3 is 4.52 Å². The molecule has 0 N–H and O–H groups in total. The third-order valence-electron chi connectivity index (χ3n) is 3.85. The first-order valence-electron chi connectivity index (χ1n) is 7.39. The van der Waals surface area contributed by atoms with Gasteiger partial charge in [0.2, 0.25) is 0 Å². The van der Waals surface area contributed by atoms with E-state index in [9.17, 15) is 4.57 Å². The number of halogens is 2. The quantitative estimate of drug-likeness (QED) is 0.259. The van der Waals surface area contributed by atoms with Gasteiger partial charge in [-0.15, -0.1) is 11.6 Å². The summed E-state index contributed by atoms with van der Waals surface area (Å²) in [5, 5.41) is 0.655. The molecule has 0 bridgehead atoms. The van der Waals surface area contributed by atoms with Crippen molar-refractivity contribution in [1.82, 2.24) is 4.67 Å². The van der Waals surface area contributed by atoms with E-state index in [0.717, 1.165) is 6.42 Å². The van der Waals surface area contributed by atoms with E-state index in [1.807, 2.05) is 13.8 Å². The van der Waals surface area contributed by atoms with Crippen LogP contribution < -0.4 is 0 Å². The molecule has 0 spiro atoms. The zero-order valence-electron chi connectivity index (χ0n) is 12.4. The third-order valence-corrected chi connectivity index (χ3v) is 6.75. The van der Waals surface area contributed by atoms with Crippen molar-refractivity contribution < 1.29 is 13.6 Å². The van der Waals surface area contributed by atoms with Crippen molar-refractivity contribution in [2.24, 2.45) is 11.8 Å². The number of fused-ring (bicyclic) bond motifs is 1. The maximum absolute atomic E-state index is 13.1. The first-order valence-corrected chi connectivity index (χ1v) is 9.80. The number of hydrogen-bond donors (Lipinski definition) is 0. The standard InChI is InChI=1S/C14H22Cl2NO3P/c1-3-17(4-2)21(18,19-10-6-9-15)20-14-12-8-5-7-11(12)13(14)16/h5,7,11-12H,3-4,6,8-10H2,1-2H3. The minimum atomic E-state index is -3.36. The Hall–Kier alpha value is 0.01000. The summed E-state index contributed by atoms with van der Waals surface area (Å²) in [5.74, 6) is 1.55. The molecule has 0 radical (unpaired) electrons. The van der Waals surface area contributed by atoms with Gasteiger partial charge in [0.1, 0.15) is 5.76 Å². The van der Waals surface area contributed by atoms with Gasteiger partial charge in [0.05, 0.1) is 11.6 Å². The Balaban J connectivity index is 2.11. The lowest BCUT2D eigenvalue weighted by Gasteiger charge is -2.37. The van der Waals surface area contributed by atoms with Crippen LogP contribution in [-0.4, -0.2) is 30.2 Å². The second-order valence-electron chi connectivity index (χ2n) is 5.08. The van der Waals surface area contributed by atoms with Crippen LogP contribution in [0.15, 0.2) is 22.9 Å². The molecule has 0 amide bonds. The molecule has 0 aromatic carbocycles. The van der Waals surface area contributed by atoms with Crippen LogP contribution in [-0.2, 0) is 13.6 Å². The molecule has 120 valence electrons. The Kier molecular flexibility index (Phi) is 6.22. The highest BCUT2D eigenvalue weighted by molar-refractivity contribution is 7.51. The first-order chi connectivity index (χ1) is 10.1. The van der Waals surface area contributed by atoms with Crippen LogP contribution in [0.4, 0.5) is 0 Å². The smallest absolute Gasteiger partial charge is 0.416 e. The van der Waals surface area contributed by atoms with E-state index >= 15 is 0 Å². The van der Waals surface area contributed by atoms with Crippen molar-refractivity contribution in [3.8, 4) is 0 Å². The van der Waals surface area contributed by atoms with Crippen LogP contribution in [0, 0.1) is 11.8 Å².